The lowest BCUT2D eigenvalue weighted by Crippen LogP contribution is -2.12. The zero-order chi connectivity index (χ0) is 18.0. The van der Waals surface area contributed by atoms with Crippen molar-refractivity contribution in [1.29, 1.82) is 0 Å². The molecule has 26 heavy (non-hydrogen) atoms. The number of benzene rings is 1. The minimum atomic E-state index is -0.121. The lowest BCUT2D eigenvalue weighted by atomic mass is 10.1. The minimum Gasteiger partial charge on any atom is -0.321 e. The first-order chi connectivity index (χ1) is 12.5. The van der Waals surface area contributed by atoms with Crippen LogP contribution in [0.5, 0.6) is 0 Å². The second kappa shape index (κ2) is 5.88. The number of hydrogen-bond donors (Lipinski definition) is 2. The SMILES string of the molecule is O=C1Nc2cc3c(cc2=C1c1ccc(Br)s1)NC(=O)C=3c1ccc(Br)s1. The summed E-state index contributed by atoms with van der Waals surface area (Å²) in [4.78, 5) is 26.9. The summed E-state index contributed by atoms with van der Waals surface area (Å²) < 4.78 is 1.93. The van der Waals surface area contributed by atoms with Gasteiger partial charge in [0.25, 0.3) is 11.8 Å². The number of carbonyl (C=O) groups excluding carboxylic acids is 2. The third-order valence-electron chi connectivity index (χ3n) is 4.29. The summed E-state index contributed by atoms with van der Waals surface area (Å²) in [6, 6.07) is 11.5. The van der Waals surface area contributed by atoms with Gasteiger partial charge < -0.3 is 10.6 Å². The average molecular weight is 508 g/mol. The number of rotatable bonds is 2. The number of amides is 2. The third-order valence-corrected chi connectivity index (χ3v) is 7.57. The van der Waals surface area contributed by atoms with E-state index in [1.165, 1.54) is 22.7 Å². The van der Waals surface area contributed by atoms with Crippen LogP contribution >= 0.6 is 54.5 Å². The molecule has 2 aliphatic rings. The fourth-order valence-electron chi connectivity index (χ4n) is 3.22. The van der Waals surface area contributed by atoms with E-state index in [4.69, 9.17) is 0 Å². The number of hydrogen-bond acceptors (Lipinski definition) is 4. The summed E-state index contributed by atoms with van der Waals surface area (Å²) in [5.41, 5.74) is 2.75. The molecule has 0 saturated carbocycles. The van der Waals surface area contributed by atoms with Crippen LogP contribution in [0.3, 0.4) is 0 Å². The number of anilines is 2. The van der Waals surface area contributed by atoms with Crippen LogP contribution in [0.1, 0.15) is 9.75 Å². The molecule has 1 aromatic carbocycles. The summed E-state index contributed by atoms with van der Waals surface area (Å²) in [5.74, 6) is -0.241. The highest BCUT2D eigenvalue weighted by Crippen LogP contribution is 2.32. The van der Waals surface area contributed by atoms with E-state index in [-0.39, 0.29) is 11.8 Å². The van der Waals surface area contributed by atoms with E-state index in [0.717, 1.165) is 39.1 Å². The molecule has 128 valence electrons. The second-order valence-electron chi connectivity index (χ2n) is 5.81. The smallest absolute Gasteiger partial charge is 0.257 e. The molecule has 0 saturated heterocycles. The van der Waals surface area contributed by atoms with E-state index in [1.807, 2.05) is 36.4 Å². The first kappa shape index (κ1) is 16.4. The highest BCUT2D eigenvalue weighted by atomic mass is 79.9. The van der Waals surface area contributed by atoms with Gasteiger partial charge in [-0.15, -0.1) is 22.7 Å². The molecule has 0 bridgehead atoms. The Hall–Kier alpha value is -1.74. The molecule has 0 spiro atoms. The van der Waals surface area contributed by atoms with Crippen LogP contribution in [0, 0.1) is 0 Å². The molecule has 4 nitrogen and oxygen atoms in total. The van der Waals surface area contributed by atoms with Crippen molar-refractivity contribution in [3.63, 3.8) is 0 Å². The quantitative estimate of drug-likeness (QED) is 0.556. The van der Waals surface area contributed by atoms with E-state index in [9.17, 15) is 9.59 Å². The van der Waals surface area contributed by atoms with Crippen molar-refractivity contribution in [2.45, 2.75) is 0 Å². The molecule has 2 aliphatic heterocycles. The lowest BCUT2D eigenvalue weighted by molar-refractivity contribution is -0.111. The fourth-order valence-corrected chi connectivity index (χ4v) is 6.11. The van der Waals surface area contributed by atoms with Crippen molar-refractivity contribution < 1.29 is 9.59 Å². The van der Waals surface area contributed by atoms with Gasteiger partial charge in [-0.25, -0.2) is 0 Å². The Morgan fingerprint density at radius 3 is 1.46 bits per heavy atom. The first-order valence-electron chi connectivity index (χ1n) is 7.58. The largest absolute Gasteiger partial charge is 0.321 e. The van der Waals surface area contributed by atoms with Crippen LogP contribution in [-0.2, 0) is 9.59 Å². The topological polar surface area (TPSA) is 58.2 Å². The van der Waals surface area contributed by atoms with Crippen LogP contribution < -0.4 is 21.1 Å². The maximum Gasteiger partial charge on any atom is 0.257 e. The highest BCUT2D eigenvalue weighted by Gasteiger charge is 2.28. The predicted molar refractivity (Wildman–Crippen MR) is 112 cm³/mol. The van der Waals surface area contributed by atoms with Gasteiger partial charge in [0, 0.05) is 31.6 Å². The van der Waals surface area contributed by atoms with E-state index >= 15 is 0 Å². The van der Waals surface area contributed by atoms with E-state index in [2.05, 4.69) is 42.5 Å². The third kappa shape index (κ3) is 2.44. The molecule has 5 rings (SSSR count). The van der Waals surface area contributed by atoms with Crippen molar-refractivity contribution >= 4 is 88.9 Å². The molecule has 4 heterocycles. The van der Waals surface area contributed by atoms with Gasteiger partial charge in [-0.05, 0) is 68.3 Å². The number of carbonyl (C=O) groups is 2. The van der Waals surface area contributed by atoms with Gasteiger partial charge in [0.1, 0.15) is 0 Å². The summed E-state index contributed by atoms with van der Waals surface area (Å²) >= 11 is 9.90. The molecule has 3 aromatic rings. The molecule has 2 aromatic heterocycles. The van der Waals surface area contributed by atoms with Crippen molar-refractivity contribution in [3.05, 3.63) is 64.2 Å². The highest BCUT2D eigenvalue weighted by molar-refractivity contribution is 9.11. The Morgan fingerprint density at radius 2 is 1.12 bits per heavy atom. The monoisotopic (exact) mass is 506 g/mol. The summed E-state index contributed by atoms with van der Waals surface area (Å²) in [5, 5.41) is 7.50. The van der Waals surface area contributed by atoms with Crippen molar-refractivity contribution in [3.8, 4) is 0 Å². The number of fused-ring (bicyclic) bond motifs is 2. The second-order valence-corrected chi connectivity index (χ2v) is 10.7. The van der Waals surface area contributed by atoms with Gasteiger partial charge in [-0.1, -0.05) is 0 Å². The van der Waals surface area contributed by atoms with Crippen LogP contribution in [0.4, 0.5) is 11.4 Å². The van der Waals surface area contributed by atoms with Gasteiger partial charge in [-0.3, -0.25) is 9.59 Å². The zero-order valence-electron chi connectivity index (χ0n) is 12.9. The molecular weight excluding hydrogens is 500 g/mol. The lowest BCUT2D eigenvalue weighted by Gasteiger charge is -1.98. The Labute approximate surface area is 172 Å². The molecule has 2 amide bonds. The summed E-state index contributed by atoms with van der Waals surface area (Å²) in [6.07, 6.45) is 0. The predicted octanol–water partition coefficient (Wildman–Crippen LogP) is 3.64. The van der Waals surface area contributed by atoms with Crippen LogP contribution in [0.25, 0.3) is 11.1 Å². The first-order valence-corrected chi connectivity index (χ1v) is 10.8. The number of thiophene rings is 2. The maximum atomic E-state index is 12.5. The molecule has 0 radical (unpaired) electrons. The molecule has 0 unspecified atom stereocenters. The minimum absolute atomic E-state index is 0.121. The maximum absolute atomic E-state index is 12.5. The van der Waals surface area contributed by atoms with Gasteiger partial charge in [-0.2, -0.15) is 0 Å². The Balaban J connectivity index is 1.80. The van der Waals surface area contributed by atoms with Crippen molar-refractivity contribution in [2.75, 3.05) is 10.6 Å². The number of halogens is 2. The van der Waals surface area contributed by atoms with Gasteiger partial charge >= 0.3 is 0 Å². The van der Waals surface area contributed by atoms with E-state index in [1.54, 1.807) is 0 Å². The Morgan fingerprint density at radius 1 is 0.692 bits per heavy atom. The van der Waals surface area contributed by atoms with Gasteiger partial charge in [0.2, 0.25) is 0 Å². The average Bonchev–Trinajstić information content (AvgIpc) is 3.31. The summed E-state index contributed by atoms with van der Waals surface area (Å²) in [6.45, 7) is 0. The standard InChI is InChI=1S/C18H8Br2N2O2S2/c19-13-3-1-11(25-13)15-7-5-10-8(6-9(7)21-17(15)23)16(18(24)22-10)12-2-4-14(20)26-12/h1-6H,(H,21,23)(H,22,24). The number of nitrogens with one attached hydrogen (secondary N) is 2. The molecule has 8 heteroatoms. The Bertz CT molecular complexity index is 1160. The van der Waals surface area contributed by atoms with Crippen molar-refractivity contribution in [1.82, 2.24) is 0 Å². The molecule has 0 atom stereocenters. The fraction of sp³-hybridized carbons (Fsp3) is 0. The van der Waals surface area contributed by atoms with E-state index in [0.29, 0.717) is 11.1 Å². The zero-order valence-corrected chi connectivity index (χ0v) is 17.7. The summed E-state index contributed by atoms with van der Waals surface area (Å²) in [7, 11) is 0. The van der Waals surface area contributed by atoms with E-state index < -0.39 is 0 Å². The van der Waals surface area contributed by atoms with Crippen LogP contribution in [0.15, 0.2) is 44.0 Å². The molecular formula is C18H8Br2N2O2S2. The van der Waals surface area contributed by atoms with Gasteiger partial charge in [0.05, 0.1) is 18.7 Å². The van der Waals surface area contributed by atoms with Crippen LogP contribution in [0.2, 0.25) is 0 Å². The molecule has 0 aliphatic carbocycles. The van der Waals surface area contributed by atoms with Gasteiger partial charge in [0.15, 0.2) is 0 Å². The van der Waals surface area contributed by atoms with Crippen LogP contribution in [-0.4, -0.2) is 11.8 Å². The molecule has 2 N–H and O–H groups in total. The Kier molecular flexibility index (Phi) is 3.72. The molecule has 0 fully saturated rings. The van der Waals surface area contributed by atoms with Crippen molar-refractivity contribution in [2.24, 2.45) is 0 Å². The normalized spacial score (nSPS) is 15.2.